The monoisotopic (exact) mass is 160 g/mol. The minimum Gasteiger partial charge on any atom is -0.390 e. The maximum absolute atomic E-state index is 10.3. The zero-order valence-corrected chi connectivity index (χ0v) is 6.24. The van der Waals surface area contributed by atoms with E-state index in [1.807, 2.05) is 0 Å². The van der Waals surface area contributed by atoms with Gasteiger partial charge in [-0.25, -0.2) is 0 Å². The third-order valence-corrected chi connectivity index (χ3v) is 1.27. The number of nitrogens with two attached hydrogens (primary N) is 1. The lowest BCUT2D eigenvalue weighted by molar-refractivity contribution is -0.130. The quantitative estimate of drug-likeness (QED) is 0.380. The molecule has 0 bridgehead atoms. The molecule has 0 unspecified atom stereocenters. The molecule has 0 aliphatic heterocycles. The Morgan fingerprint density at radius 3 is 2.27 bits per heavy atom. The molecule has 0 aromatic carbocycles. The van der Waals surface area contributed by atoms with Crippen LogP contribution in [0.15, 0.2) is 12.3 Å². The van der Waals surface area contributed by atoms with Gasteiger partial charge in [0.15, 0.2) is 6.10 Å². The molecular formula is C6H12N2O3. The molecule has 5 heteroatoms. The second-order valence-electron chi connectivity index (χ2n) is 2.07. The van der Waals surface area contributed by atoms with Gasteiger partial charge in [-0.3, -0.25) is 4.79 Å². The topological polar surface area (TPSA) is 95.6 Å². The minimum atomic E-state index is -1.60. The first-order chi connectivity index (χ1) is 5.00. The molecule has 5 nitrogen and oxygen atoms in total. The second kappa shape index (κ2) is 3.95. The third kappa shape index (κ3) is 2.57. The van der Waals surface area contributed by atoms with Gasteiger partial charge in [-0.2, -0.15) is 0 Å². The zero-order valence-electron chi connectivity index (χ0n) is 6.24. The fourth-order valence-corrected chi connectivity index (χ4v) is 0.494. The minimum absolute atomic E-state index is 0.149. The molecule has 0 saturated carbocycles. The molecule has 0 rings (SSSR count). The van der Waals surface area contributed by atoms with E-state index >= 15 is 0 Å². The van der Waals surface area contributed by atoms with Crippen molar-refractivity contribution >= 4 is 5.91 Å². The molecule has 0 aliphatic rings. The van der Waals surface area contributed by atoms with E-state index in [0.717, 1.165) is 0 Å². The molecular weight excluding hydrogens is 148 g/mol. The lowest BCUT2D eigenvalue weighted by atomic mass is 10.1. The summed E-state index contributed by atoms with van der Waals surface area (Å²) in [4.78, 5) is 10.3. The average molecular weight is 160 g/mol. The van der Waals surface area contributed by atoms with Crippen LogP contribution in [0.5, 0.6) is 0 Å². The Labute approximate surface area is 64.5 Å². The van der Waals surface area contributed by atoms with Gasteiger partial charge in [0.05, 0.1) is 0 Å². The number of amides is 1. The van der Waals surface area contributed by atoms with E-state index in [0.29, 0.717) is 0 Å². The van der Waals surface area contributed by atoms with Gasteiger partial charge in [0.1, 0.15) is 6.10 Å². The summed E-state index contributed by atoms with van der Waals surface area (Å²) in [5, 5.41) is 20.4. The van der Waals surface area contributed by atoms with E-state index in [9.17, 15) is 4.79 Å². The molecule has 2 atom stereocenters. The number of carbonyl (C=O) groups excluding carboxylic acids is 1. The van der Waals surface area contributed by atoms with Crippen LogP contribution in [0.2, 0.25) is 0 Å². The molecule has 11 heavy (non-hydrogen) atoms. The van der Waals surface area contributed by atoms with Gasteiger partial charge in [-0.15, -0.1) is 0 Å². The first kappa shape index (κ1) is 9.93. The number of primary amides is 1. The molecule has 0 radical (unpaired) electrons. The van der Waals surface area contributed by atoms with Crippen molar-refractivity contribution in [3.8, 4) is 0 Å². The van der Waals surface area contributed by atoms with Crippen LogP contribution in [0.4, 0.5) is 0 Å². The van der Waals surface area contributed by atoms with E-state index in [4.69, 9.17) is 15.9 Å². The predicted molar refractivity (Wildman–Crippen MR) is 39.4 cm³/mol. The number of aliphatic hydroxyl groups excluding tert-OH is 2. The zero-order chi connectivity index (χ0) is 9.02. The van der Waals surface area contributed by atoms with Gasteiger partial charge in [0, 0.05) is 12.7 Å². The normalized spacial score (nSPS) is 15.2. The standard InChI is InChI=1S/C6H12N2O3/c1-3(8-2)4(9)5(10)6(7)11/h4-5,8-10H,1H2,2H3,(H2,7,11)/t4-,5+/m0/s1. The average Bonchev–Trinajstić information content (AvgIpc) is 2.00. The molecule has 64 valence electrons. The van der Waals surface area contributed by atoms with Crippen LogP contribution < -0.4 is 11.1 Å². The summed E-state index contributed by atoms with van der Waals surface area (Å²) in [5.41, 5.74) is 4.86. The first-order valence-corrected chi connectivity index (χ1v) is 3.02. The highest BCUT2D eigenvalue weighted by molar-refractivity contribution is 5.79. The summed E-state index contributed by atoms with van der Waals surface area (Å²) in [6, 6.07) is 0. The summed E-state index contributed by atoms with van der Waals surface area (Å²) in [6.45, 7) is 3.35. The van der Waals surface area contributed by atoms with Crippen molar-refractivity contribution in [2.24, 2.45) is 5.73 Å². The van der Waals surface area contributed by atoms with Gasteiger partial charge in [0.25, 0.3) is 0 Å². The van der Waals surface area contributed by atoms with Crippen molar-refractivity contribution in [2.75, 3.05) is 7.05 Å². The van der Waals surface area contributed by atoms with Crippen molar-refractivity contribution in [2.45, 2.75) is 12.2 Å². The Morgan fingerprint density at radius 2 is 2.00 bits per heavy atom. The van der Waals surface area contributed by atoms with Crippen LogP contribution in [0, 0.1) is 0 Å². The van der Waals surface area contributed by atoms with Gasteiger partial charge in [0.2, 0.25) is 5.91 Å². The highest BCUT2D eigenvalue weighted by atomic mass is 16.3. The van der Waals surface area contributed by atoms with E-state index in [1.165, 1.54) is 7.05 Å². The van der Waals surface area contributed by atoms with Crippen molar-refractivity contribution in [1.29, 1.82) is 0 Å². The van der Waals surface area contributed by atoms with E-state index < -0.39 is 18.1 Å². The summed E-state index contributed by atoms with van der Waals surface area (Å²) in [5.74, 6) is -0.978. The van der Waals surface area contributed by atoms with Crippen molar-refractivity contribution in [3.63, 3.8) is 0 Å². The van der Waals surface area contributed by atoms with Crippen LogP contribution >= 0.6 is 0 Å². The number of nitrogens with one attached hydrogen (secondary N) is 1. The number of rotatable bonds is 4. The number of likely N-dealkylation sites (N-methyl/N-ethyl adjacent to an activating group) is 1. The molecule has 0 fully saturated rings. The molecule has 0 spiro atoms. The fourth-order valence-electron chi connectivity index (χ4n) is 0.494. The van der Waals surface area contributed by atoms with Crippen LogP contribution in [0.3, 0.4) is 0 Å². The number of hydrogen-bond acceptors (Lipinski definition) is 4. The Balaban J connectivity index is 4.12. The lowest BCUT2D eigenvalue weighted by Crippen LogP contribution is -2.41. The molecule has 1 amide bonds. The van der Waals surface area contributed by atoms with Crippen LogP contribution in [-0.2, 0) is 4.79 Å². The van der Waals surface area contributed by atoms with E-state index in [2.05, 4.69) is 11.9 Å². The Kier molecular flexibility index (Phi) is 3.56. The third-order valence-electron chi connectivity index (χ3n) is 1.27. The summed E-state index contributed by atoms with van der Waals surface area (Å²) < 4.78 is 0. The predicted octanol–water partition coefficient (Wildman–Crippen LogP) is -2.07. The fraction of sp³-hybridized carbons (Fsp3) is 0.500. The van der Waals surface area contributed by atoms with Crippen molar-refractivity contribution in [1.82, 2.24) is 5.32 Å². The van der Waals surface area contributed by atoms with E-state index in [1.54, 1.807) is 0 Å². The van der Waals surface area contributed by atoms with Gasteiger partial charge in [-0.05, 0) is 0 Å². The Morgan fingerprint density at radius 1 is 1.55 bits per heavy atom. The van der Waals surface area contributed by atoms with E-state index in [-0.39, 0.29) is 5.70 Å². The van der Waals surface area contributed by atoms with Crippen molar-refractivity contribution in [3.05, 3.63) is 12.3 Å². The molecule has 5 N–H and O–H groups in total. The number of hydrogen-bond donors (Lipinski definition) is 4. The van der Waals surface area contributed by atoms with Crippen LogP contribution in [-0.4, -0.2) is 35.4 Å². The molecule has 0 heterocycles. The molecule has 0 aromatic heterocycles. The SMILES string of the molecule is C=C(NC)[C@H](O)[C@@H](O)C(N)=O. The Bertz CT molecular complexity index is 169. The maximum atomic E-state index is 10.3. The van der Waals surface area contributed by atoms with Crippen LogP contribution in [0.25, 0.3) is 0 Å². The Hall–Kier alpha value is -1.07. The maximum Gasteiger partial charge on any atom is 0.249 e. The number of carbonyl (C=O) groups is 1. The lowest BCUT2D eigenvalue weighted by Gasteiger charge is -2.16. The van der Waals surface area contributed by atoms with Crippen LogP contribution in [0.1, 0.15) is 0 Å². The van der Waals surface area contributed by atoms with Gasteiger partial charge < -0.3 is 21.3 Å². The van der Waals surface area contributed by atoms with Gasteiger partial charge >= 0.3 is 0 Å². The number of aliphatic hydroxyl groups is 2. The molecule has 0 aromatic rings. The summed E-state index contributed by atoms with van der Waals surface area (Å²) >= 11 is 0. The first-order valence-electron chi connectivity index (χ1n) is 3.02. The summed E-state index contributed by atoms with van der Waals surface area (Å²) in [7, 11) is 1.51. The smallest absolute Gasteiger partial charge is 0.249 e. The van der Waals surface area contributed by atoms with Gasteiger partial charge in [-0.1, -0.05) is 6.58 Å². The molecule has 0 aliphatic carbocycles. The second-order valence-corrected chi connectivity index (χ2v) is 2.07. The van der Waals surface area contributed by atoms with Crippen molar-refractivity contribution < 1.29 is 15.0 Å². The highest BCUT2D eigenvalue weighted by Crippen LogP contribution is 1.99. The largest absolute Gasteiger partial charge is 0.390 e. The molecule has 0 saturated heterocycles. The highest BCUT2D eigenvalue weighted by Gasteiger charge is 2.23. The summed E-state index contributed by atoms with van der Waals surface area (Å²) in [6.07, 6.45) is -2.95.